The molecule has 2 aromatic carbocycles. The monoisotopic (exact) mass is 316 g/mol. The summed E-state index contributed by atoms with van der Waals surface area (Å²) in [6, 6.07) is 9.16. The van der Waals surface area contributed by atoms with Gasteiger partial charge in [-0.2, -0.15) is 0 Å². The molecule has 0 aliphatic rings. The molecule has 3 N–H and O–H groups in total. The fourth-order valence-corrected chi connectivity index (χ4v) is 1.99. The Bertz CT molecular complexity index is 728. The van der Waals surface area contributed by atoms with Gasteiger partial charge in [-0.05, 0) is 30.7 Å². The topological polar surface area (TPSA) is 116 Å². The molecule has 0 aliphatic carbocycles. The first-order chi connectivity index (χ1) is 10.9. The zero-order valence-electron chi connectivity index (χ0n) is 12.3. The van der Waals surface area contributed by atoms with Gasteiger partial charge in [-0.1, -0.05) is 12.1 Å². The summed E-state index contributed by atoms with van der Waals surface area (Å²) in [5, 5.41) is 39.9. The average molecular weight is 316 g/mol. The number of hydrogen-bond donors (Lipinski definition) is 3. The van der Waals surface area contributed by atoms with Gasteiger partial charge in [0.25, 0.3) is 5.69 Å². The molecule has 2 aromatic rings. The van der Waals surface area contributed by atoms with Crippen LogP contribution in [0.1, 0.15) is 24.2 Å². The molecule has 7 nitrogen and oxygen atoms in total. The van der Waals surface area contributed by atoms with Crippen molar-refractivity contribution in [1.29, 1.82) is 0 Å². The van der Waals surface area contributed by atoms with Gasteiger partial charge in [0.05, 0.1) is 11.0 Å². The molecule has 0 unspecified atom stereocenters. The summed E-state index contributed by atoms with van der Waals surface area (Å²) in [6.45, 7) is 1.67. The Morgan fingerprint density at radius 2 is 1.83 bits per heavy atom. The van der Waals surface area contributed by atoms with Crippen molar-refractivity contribution in [3.63, 3.8) is 0 Å². The summed E-state index contributed by atoms with van der Waals surface area (Å²) in [7, 11) is 0. The first kappa shape index (κ1) is 16.4. The Hall–Kier alpha value is -2.93. The normalized spacial score (nSPS) is 13.8. The number of benzene rings is 2. The third-order valence-electron chi connectivity index (χ3n) is 3.36. The van der Waals surface area contributed by atoms with E-state index in [0.29, 0.717) is 5.56 Å². The second kappa shape index (κ2) is 6.89. The van der Waals surface area contributed by atoms with Crippen LogP contribution in [0.3, 0.4) is 0 Å². The number of aliphatic hydroxyl groups excluding tert-OH is 1. The zero-order valence-corrected chi connectivity index (χ0v) is 12.3. The van der Waals surface area contributed by atoms with E-state index in [1.165, 1.54) is 36.5 Å². The Kier molecular flexibility index (Phi) is 4.92. The van der Waals surface area contributed by atoms with Gasteiger partial charge >= 0.3 is 0 Å². The quantitative estimate of drug-likeness (QED) is 0.445. The van der Waals surface area contributed by atoms with Crippen LogP contribution in [0, 0.1) is 10.1 Å². The minimum Gasteiger partial charge on any atom is -0.508 e. The predicted molar refractivity (Wildman–Crippen MR) is 84.9 cm³/mol. The summed E-state index contributed by atoms with van der Waals surface area (Å²) >= 11 is 0. The maximum Gasteiger partial charge on any atom is 0.270 e. The molecule has 120 valence electrons. The second-order valence-corrected chi connectivity index (χ2v) is 5.06. The van der Waals surface area contributed by atoms with Crippen LogP contribution in [-0.4, -0.2) is 32.5 Å². The fraction of sp³-hybridized carbons (Fsp3) is 0.188. The van der Waals surface area contributed by atoms with Crippen molar-refractivity contribution >= 4 is 11.9 Å². The Morgan fingerprint density at radius 3 is 2.43 bits per heavy atom. The van der Waals surface area contributed by atoms with E-state index in [1.807, 2.05) is 0 Å². The van der Waals surface area contributed by atoms with Crippen LogP contribution >= 0.6 is 0 Å². The van der Waals surface area contributed by atoms with Crippen LogP contribution in [0.2, 0.25) is 0 Å². The van der Waals surface area contributed by atoms with Gasteiger partial charge in [0.15, 0.2) is 0 Å². The van der Waals surface area contributed by atoms with E-state index >= 15 is 0 Å². The van der Waals surface area contributed by atoms with E-state index in [2.05, 4.69) is 4.99 Å². The number of hydrogen-bond acceptors (Lipinski definition) is 6. The lowest BCUT2D eigenvalue weighted by Gasteiger charge is -2.15. The van der Waals surface area contributed by atoms with Gasteiger partial charge < -0.3 is 15.3 Å². The average Bonchev–Trinajstić information content (AvgIpc) is 2.53. The third-order valence-corrected chi connectivity index (χ3v) is 3.36. The Balaban J connectivity index is 2.17. The summed E-state index contributed by atoms with van der Waals surface area (Å²) < 4.78 is 0. The van der Waals surface area contributed by atoms with E-state index in [1.54, 1.807) is 19.1 Å². The van der Waals surface area contributed by atoms with E-state index in [9.17, 15) is 25.4 Å². The number of non-ortho nitro benzene ring substituents is 1. The van der Waals surface area contributed by atoms with Crippen molar-refractivity contribution in [2.75, 3.05) is 0 Å². The van der Waals surface area contributed by atoms with E-state index in [-0.39, 0.29) is 22.7 Å². The minimum absolute atomic E-state index is 0.0959. The van der Waals surface area contributed by atoms with Gasteiger partial charge in [-0.3, -0.25) is 15.1 Å². The number of aromatic hydroxyl groups is 2. The second-order valence-electron chi connectivity index (χ2n) is 5.06. The highest BCUT2D eigenvalue weighted by Gasteiger charge is 2.15. The van der Waals surface area contributed by atoms with Crippen molar-refractivity contribution in [1.82, 2.24) is 0 Å². The van der Waals surface area contributed by atoms with Crippen molar-refractivity contribution in [2.24, 2.45) is 4.99 Å². The van der Waals surface area contributed by atoms with Crippen LogP contribution in [0.15, 0.2) is 47.5 Å². The lowest BCUT2D eigenvalue weighted by Crippen LogP contribution is -2.12. The van der Waals surface area contributed by atoms with Gasteiger partial charge in [0, 0.05) is 23.9 Å². The molecule has 0 radical (unpaired) electrons. The van der Waals surface area contributed by atoms with Crippen LogP contribution in [0.5, 0.6) is 11.5 Å². The van der Waals surface area contributed by atoms with E-state index in [4.69, 9.17) is 0 Å². The fourth-order valence-electron chi connectivity index (χ4n) is 1.99. The van der Waals surface area contributed by atoms with Gasteiger partial charge in [-0.15, -0.1) is 0 Å². The maximum atomic E-state index is 10.7. The Labute approximate surface area is 132 Å². The van der Waals surface area contributed by atoms with Gasteiger partial charge in [-0.25, -0.2) is 0 Å². The summed E-state index contributed by atoms with van der Waals surface area (Å²) in [6.07, 6.45) is 0.379. The smallest absolute Gasteiger partial charge is 0.270 e. The molecule has 0 saturated heterocycles. The van der Waals surface area contributed by atoms with Crippen molar-refractivity contribution in [3.8, 4) is 11.5 Å². The molecule has 0 bridgehead atoms. The number of phenols is 2. The lowest BCUT2D eigenvalue weighted by atomic mass is 10.0. The standard InChI is InChI=1S/C16H16N2O5/c1-10(16(21)11-2-5-14(19)6-3-11)17-9-12-8-13(18(22)23)4-7-15(12)20/h2-10,16,19-21H,1H3/t10-,16-/m0/s1. The molecular weight excluding hydrogens is 300 g/mol. The number of aliphatic imine (C=N–C) groups is 1. The summed E-state index contributed by atoms with van der Waals surface area (Å²) in [4.78, 5) is 14.3. The Morgan fingerprint density at radius 1 is 1.17 bits per heavy atom. The highest BCUT2D eigenvalue weighted by atomic mass is 16.6. The maximum absolute atomic E-state index is 10.7. The van der Waals surface area contributed by atoms with Crippen LogP contribution in [0.4, 0.5) is 5.69 Å². The third kappa shape index (κ3) is 4.04. The first-order valence-electron chi connectivity index (χ1n) is 6.86. The highest BCUT2D eigenvalue weighted by molar-refractivity contribution is 5.84. The van der Waals surface area contributed by atoms with Crippen LogP contribution in [0.25, 0.3) is 0 Å². The molecule has 23 heavy (non-hydrogen) atoms. The molecule has 2 rings (SSSR count). The number of phenolic OH excluding ortho intramolecular Hbond substituents is 2. The summed E-state index contributed by atoms with van der Waals surface area (Å²) in [5.41, 5.74) is 0.621. The molecule has 2 atom stereocenters. The molecule has 0 amide bonds. The predicted octanol–water partition coefficient (Wildman–Crippen LogP) is 2.55. The molecule has 0 spiro atoms. The first-order valence-corrected chi connectivity index (χ1v) is 6.86. The van der Waals surface area contributed by atoms with Crippen molar-refractivity contribution in [3.05, 3.63) is 63.7 Å². The number of aliphatic hydroxyl groups is 1. The SMILES string of the molecule is C[C@H](N=Cc1cc([N+](=O)[O-])ccc1O)[C@H](O)c1ccc(O)cc1. The molecular formula is C16H16N2O5. The van der Waals surface area contributed by atoms with Crippen molar-refractivity contribution < 1.29 is 20.2 Å². The van der Waals surface area contributed by atoms with E-state index in [0.717, 1.165) is 0 Å². The number of nitrogens with zero attached hydrogens (tertiary/aromatic N) is 2. The zero-order chi connectivity index (χ0) is 17.0. The number of rotatable bonds is 5. The molecule has 7 heteroatoms. The minimum atomic E-state index is -0.910. The van der Waals surface area contributed by atoms with Crippen LogP contribution < -0.4 is 0 Å². The highest BCUT2D eigenvalue weighted by Crippen LogP contribution is 2.24. The molecule has 0 aliphatic heterocycles. The van der Waals surface area contributed by atoms with Crippen molar-refractivity contribution in [2.45, 2.75) is 19.1 Å². The largest absolute Gasteiger partial charge is 0.508 e. The molecule has 0 aromatic heterocycles. The molecule has 0 saturated carbocycles. The molecule has 0 fully saturated rings. The lowest BCUT2D eigenvalue weighted by molar-refractivity contribution is -0.384. The number of nitro benzene ring substituents is 1. The molecule has 0 heterocycles. The van der Waals surface area contributed by atoms with Gasteiger partial charge in [0.1, 0.15) is 17.6 Å². The van der Waals surface area contributed by atoms with E-state index < -0.39 is 17.1 Å². The van der Waals surface area contributed by atoms with Gasteiger partial charge in [0.2, 0.25) is 0 Å². The summed E-state index contributed by atoms with van der Waals surface area (Å²) in [5.74, 6) is -0.0377. The van der Waals surface area contributed by atoms with Crippen LogP contribution in [-0.2, 0) is 0 Å². The number of nitro groups is 1.